The predicted octanol–water partition coefficient (Wildman–Crippen LogP) is 0.307. The van der Waals surface area contributed by atoms with Crippen LogP contribution in [0.4, 0.5) is 4.79 Å². The van der Waals surface area contributed by atoms with E-state index in [1.165, 1.54) is 18.8 Å². The van der Waals surface area contributed by atoms with Crippen LogP contribution in [0.3, 0.4) is 0 Å². The molecule has 0 atom stereocenters. The number of hydrogen-bond donors (Lipinski definition) is 0. The minimum Gasteiger partial charge on any atom is -0.482 e. The molecule has 0 N–H and O–H groups in total. The Hall–Kier alpha value is -1.52. The predicted molar refractivity (Wildman–Crippen MR) is 41.7 cm³/mol. The van der Waals surface area contributed by atoms with Crippen molar-refractivity contribution in [3.63, 3.8) is 0 Å². The molecule has 5 nitrogen and oxygen atoms in total. The molecule has 0 saturated heterocycles. The van der Waals surface area contributed by atoms with Gasteiger partial charge in [0.15, 0.2) is 6.40 Å². The molecule has 0 aromatic carbocycles. The zero-order valence-corrected chi connectivity index (χ0v) is 5.80. The van der Waals surface area contributed by atoms with Gasteiger partial charge in [0.05, 0.1) is 19.0 Å². The van der Waals surface area contributed by atoms with Crippen LogP contribution in [0.25, 0.3) is 0 Å². The summed E-state index contributed by atoms with van der Waals surface area (Å²) in [5.74, 6) is 0. The molecular formula is C6H7N3O2. The number of carbonyl (C=O) groups excluding carboxylic acids is 1. The number of hydrogen-bond acceptors (Lipinski definition) is 3. The Bertz CT molecular complexity index is 200. The van der Waals surface area contributed by atoms with E-state index in [4.69, 9.17) is 0 Å². The Kier molecular flexibility index (Phi) is 2.98. The van der Waals surface area contributed by atoms with Gasteiger partial charge in [0.25, 0.3) is 0 Å². The molecule has 0 saturated carbocycles. The van der Waals surface area contributed by atoms with Crippen LogP contribution in [0.2, 0.25) is 0 Å². The van der Waals surface area contributed by atoms with Gasteiger partial charge in [-0.2, -0.15) is 9.98 Å². The summed E-state index contributed by atoms with van der Waals surface area (Å²) in [5.41, 5.74) is 0. The SMILES string of the molecule is C1=NCCO1.O=C1N=CC=N1. The summed E-state index contributed by atoms with van der Waals surface area (Å²) in [7, 11) is 0. The number of carbonyl (C=O) groups is 1. The molecule has 11 heavy (non-hydrogen) atoms. The van der Waals surface area contributed by atoms with Gasteiger partial charge < -0.3 is 4.74 Å². The minimum absolute atomic E-state index is 0.407. The highest BCUT2D eigenvalue weighted by Crippen LogP contribution is 1.81. The van der Waals surface area contributed by atoms with Gasteiger partial charge in [-0.25, -0.2) is 4.79 Å². The molecular weight excluding hydrogens is 146 g/mol. The lowest BCUT2D eigenvalue weighted by Gasteiger charge is -1.76. The number of ether oxygens (including phenoxy) is 1. The van der Waals surface area contributed by atoms with Gasteiger partial charge in [0, 0.05) is 0 Å². The number of rotatable bonds is 0. The zero-order valence-electron chi connectivity index (χ0n) is 5.80. The summed E-state index contributed by atoms with van der Waals surface area (Å²) in [5, 5.41) is 0. The molecule has 0 bridgehead atoms. The summed E-state index contributed by atoms with van der Waals surface area (Å²) >= 11 is 0. The van der Waals surface area contributed by atoms with Crippen molar-refractivity contribution in [1.82, 2.24) is 0 Å². The van der Waals surface area contributed by atoms with E-state index in [9.17, 15) is 4.79 Å². The molecule has 2 aliphatic heterocycles. The van der Waals surface area contributed by atoms with E-state index in [1.54, 1.807) is 0 Å². The van der Waals surface area contributed by atoms with Crippen LogP contribution in [0.1, 0.15) is 0 Å². The monoisotopic (exact) mass is 153 g/mol. The fraction of sp³-hybridized carbons (Fsp3) is 0.333. The lowest BCUT2D eigenvalue weighted by atomic mass is 10.8. The van der Waals surface area contributed by atoms with Crippen molar-refractivity contribution in [2.45, 2.75) is 0 Å². The Morgan fingerprint density at radius 1 is 1.36 bits per heavy atom. The lowest BCUT2D eigenvalue weighted by molar-refractivity contribution is 0.257. The Morgan fingerprint density at radius 3 is 2.27 bits per heavy atom. The topological polar surface area (TPSA) is 63.4 Å². The molecule has 0 fully saturated rings. The van der Waals surface area contributed by atoms with Crippen molar-refractivity contribution < 1.29 is 9.53 Å². The van der Waals surface area contributed by atoms with Crippen LogP contribution in [-0.4, -0.2) is 38.0 Å². The van der Waals surface area contributed by atoms with E-state index >= 15 is 0 Å². The summed E-state index contributed by atoms with van der Waals surface area (Å²) in [6.07, 6.45) is 4.21. The molecule has 0 unspecified atom stereocenters. The molecule has 2 aliphatic rings. The molecule has 0 aromatic rings. The second kappa shape index (κ2) is 4.32. The van der Waals surface area contributed by atoms with Crippen LogP contribution in [0.15, 0.2) is 15.0 Å². The van der Waals surface area contributed by atoms with E-state index in [2.05, 4.69) is 19.7 Å². The largest absolute Gasteiger partial charge is 0.482 e. The normalized spacial score (nSPS) is 18.0. The fourth-order valence-electron chi connectivity index (χ4n) is 0.491. The van der Waals surface area contributed by atoms with Crippen LogP contribution < -0.4 is 0 Å². The Balaban J connectivity index is 0.000000112. The number of nitrogens with zero attached hydrogens (tertiary/aromatic N) is 3. The highest BCUT2D eigenvalue weighted by atomic mass is 16.5. The highest BCUT2D eigenvalue weighted by molar-refractivity contribution is 6.25. The van der Waals surface area contributed by atoms with Crippen molar-refractivity contribution in [3.05, 3.63) is 0 Å². The maximum Gasteiger partial charge on any atom is 0.367 e. The first-order valence-corrected chi connectivity index (χ1v) is 3.10. The summed E-state index contributed by atoms with van der Waals surface area (Å²) in [4.78, 5) is 20.1. The first kappa shape index (κ1) is 7.59. The third kappa shape index (κ3) is 3.24. The van der Waals surface area contributed by atoms with E-state index in [0.717, 1.165) is 13.2 Å². The van der Waals surface area contributed by atoms with Crippen LogP contribution in [0, 0.1) is 0 Å². The molecule has 2 heterocycles. The maximum atomic E-state index is 9.85. The van der Waals surface area contributed by atoms with Crippen molar-refractivity contribution in [2.24, 2.45) is 15.0 Å². The van der Waals surface area contributed by atoms with Gasteiger partial charge in [-0.1, -0.05) is 0 Å². The zero-order chi connectivity index (χ0) is 7.94. The quantitative estimate of drug-likeness (QED) is 0.502. The van der Waals surface area contributed by atoms with Gasteiger partial charge in [-0.3, -0.25) is 4.99 Å². The molecule has 2 amide bonds. The average molecular weight is 153 g/mol. The standard InChI is InChI=1S/C3H2N2O.C3H5NO/c6-3-4-1-2-5-3;1-2-5-3-4-1/h1-2H;3H,1-2H2. The first-order valence-electron chi connectivity index (χ1n) is 3.10. The Labute approximate surface area is 63.5 Å². The van der Waals surface area contributed by atoms with Gasteiger partial charge in [-0.15, -0.1) is 0 Å². The van der Waals surface area contributed by atoms with E-state index < -0.39 is 6.03 Å². The van der Waals surface area contributed by atoms with Gasteiger partial charge in [0.2, 0.25) is 0 Å². The third-order valence-corrected chi connectivity index (χ3v) is 0.924. The van der Waals surface area contributed by atoms with E-state index in [1.807, 2.05) is 0 Å². The lowest BCUT2D eigenvalue weighted by Crippen LogP contribution is -1.80. The number of urea groups is 1. The van der Waals surface area contributed by atoms with Gasteiger partial charge in [0.1, 0.15) is 6.61 Å². The molecule has 2 rings (SSSR count). The molecule has 0 spiro atoms. The van der Waals surface area contributed by atoms with Crippen LogP contribution in [-0.2, 0) is 4.74 Å². The third-order valence-electron chi connectivity index (χ3n) is 0.924. The smallest absolute Gasteiger partial charge is 0.367 e. The number of amides is 2. The van der Waals surface area contributed by atoms with Crippen molar-refractivity contribution in [2.75, 3.05) is 13.2 Å². The first-order chi connectivity index (χ1) is 5.39. The molecule has 0 aliphatic carbocycles. The van der Waals surface area contributed by atoms with E-state index in [0.29, 0.717) is 0 Å². The van der Waals surface area contributed by atoms with Gasteiger partial charge in [-0.05, 0) is 0 Å². The van der Waals surface area contributed by atoms with Crippen LogP contribution in [0.5, 0.6) is 0 Å². The molecule has 5 heteroatoms. The fourth-order valence-corrected chi connectivity index (χ4v) is 0.491. The van der Waals surface area contributed by atoms with Crippen molar-refractivity contribution >= 4 is 24.9 Å². The second-order valence-corrected chi connectivity index (χ2v) is 1.72. The van der Waals surface area contributed by atoms with Crippen LogP contribution >= 0.6 is 0 Å². The second-order valence-electron chi connectivity index (χ2n) is 1.72. The number of aliphatic imine (C=N–C) groups is 3. The maximum absolute atomic E-state index is 9.85. The summed E-state index contributed by atoms with van der Waals surface area (Å²) < 4.78 is 4.65. The Morgan fingerprint density at radius 2 is 2.09 bits per heavy atom. The van der Waals surface area contributed by atoms with Gasteiger partial charge >= 0.3 is 6.03 Å². The molecule has 58 valence electrons. The summed E-state index contributed by atoms with van der Waals surface area (Å²) in [6, 6.07) is -0.407. The van der Waals surface area contributed by atoms with Crippen molar-refractivity contribution in [3.8, 4) is 0 Å². The molecule has 0 aromatic heterocycles. The summed E-state index contributed by atoms with van der Waals surface area (Å²) in [6.45, 7) is 1.62. The minimum atomic E-state index is -0.407. The average Bonchev–Trinajstić information content (AvgIpc) is 2.57. The molecule has 0 radical (unpaired) electrons. The van der Waals surface area contributed by atoms with Crippen molar-refractivity contribution in [1.29, 1.82) is 0 Å². The highest BCUT2D eigenvalue weighted by Gasteiger charge is 1.91. The van der Waals surface area contributed by atoms with E-state index in [-0.39, 0.29) is 0 Å².